The van der Waals surface area contributed by atoms with Crippen LogP contribution in [0.2, 0.25) is 0 Å². The molecule has 0 bridgehead atoms. The van der Waals surface area contributed by atoms with Crippen LogP contribution < -0.4 is 33.5 Å². The first-order valence-electron chi connectivity index (χ1n) is 7.57. The average Bonchev–Trinajstić information content (AvgIpc) is 2.60. The quantitative estimate of drug-likeness (QED) is 0.503. The van der Waals surface area contributed by atoms with E-state index in [1.54, 1.807) is 7.11 Å². The van der Waals surface area contributed by atoms with Gasteiger partial charge < -0.3 is 4.74 Å². The first-order chi connectivity index (χ1) is 12.3. The molecule has 3 rings (SSSR count). The number of H-pyrrole nitrogens is 1. The number of halogens is 1. The van der Waals surface area contributed by atoms with E-state index in [1.807, 2.05) is 55.5 Å². The molecule has 1 aromatic heterocycles. The van der Waals surface area contributed by atoms with E-state index in [0.717, 1.165) is 29.2 Å². The number of rotatable bonds is 3. The zero-order valence-corrected chi connectivity index (χ0v) is 14.9. The van der Waals surface area contributed by atoms with E-state index in [4.69, 9.17) is 23.4 Å². The molecule has 2 aromatic carbocycles. The summed E-state index contributed by atoms with van der Waals surface area (Å²) in [5, 5.41) is 0.667. The molecule has 138 valence electrons. The number of aromatic amines is 1. The van der Waals surface area contributed by atoms with Gasteiger partial charge in [-0.15, -0.1) is 10.2 Å². The summed E-state index contributed by atoms with van der Waals surface area (Å²) in [6.45, 7) is 2.02. The minimum Gasteiger partial charge on any atom is -0.492 e. The summed E-state index contributed by atoms with van der Waals surface area (Å²) in [4.78, 5) is 15.2. The number of fused-ring (bicyclic) bond motifs is 1. The third-order valence-electron chi connectivity index (χ3n) is 3.58. The Hall–Kier alpha value is -2.49. The van der Waals surface area contributed by atoms with Crippen molar-refractivity contribution in [2.45, 2.75) is 13.3 Å². The number of ether oxygens (including phenoxy) is 1. The molecule has 0 fully saturated rings. The molecular weight excluding hydrogens is 364 g/mol. The molecule has 9 heteroatoms. The first kappa shape index (κ1) is 19.8. The van der Waals surface area contributed by atoms with Crippen LogP contribution in [0, 0.1) is 10.2 Å². The second-order valence-electron chi connectivity index (χ2n) is 5.16. The van der Waals surface area contributed by atoms with Crippen LogP contribution >= 0.6 is 0 Å². The lowest BCUT2D eigenvalue weighted by molar-refractivity contribution is -2.00. The molecule has 0 saturated carbocycles. The topological polar surface area (TPSA) is 138 Å². The molecule has 26 heavy (non-hydrogen) atoms. The number of aryl methyl sites for hydroxylation is 1. The lowest BCUT2D eigenvalue weighted by atomic mass is 10.2. The standard InChI is InChI=1S/C17H16N2O2.ClHO4/c1-3-16-18-17(20)12-8-4-5-9-13(12)19(16)14-10-6-7-11-15(14)21-2;2-1(3,4)5/h4-11H,3H2,1-2H3;(H,2,3,4,5). The van der Waals surface area contributed by atoms with Crippen LogP contribution in [0.3, 0.4) is 0 Å². The van der Waals surface area contributed by atoms with Crippen LogP contribution in [0.1, 0.15) is 12.7 Å². The molecule has 0 amide bonds. The first-order valence-corrected chi connectivity index (χ1v) is 8.80. The summed E-state index contributed by atoms with van der Waals surface area (Å²) in [5.74, 6) is 1.62. The normalized spacial score (nSPS) is 11.0. The van der Waals surface area contributed by atoms with E-state index in [9.17, 15) is 4.79 Å². The zero-order chi connectivity index (χ0) is 19.3. The maximum absolute atomic E-state index is 12.2. The van der Waals surface area contributed by atoms with Gasteiger partial charge in [0, 0.05) is 6.42 Å². The van der Waals surface area contributed by atoms with Crippen molar-refractivity contribution in [3.8, 4) is 11.4 Å². The summed E-state index contributed by atoms with van der Waals surface area (Å²) >= 11 is 0. The Labute approximate surface area is 151 Å². The van der Waals surface area contributed by atoms with Crippen molar-refractivity contribution in [3.63, 3.8) is 0 Å². The Morgan fingerprint density at radius 1 is 1.04 bits per heavy atom. The van der Waals surface area contributed by atoms with Gasteiger partial charge in [-0.2, -0.15) is 4.57 Å². The highest BCUT2D eigenvalue weighted by Gasteiger charge is 2.20. The third-order valence-corrected chi connectivity index (χ3v) is 3.58. The van der Waals surface area contributed by atoms with E-state index < -0.39 is 10.2 Å². The minimum absolute atomic E-state index is 0.0615. The number of aromatic nitrogens is 2. The predicted octanol–water partition coefficient (Wildman–Crippen LogP) is -2.38. The van der Waals surface area contributed by atoms with Gasteiger partial charge in [-0.25, -0.2) is 28.4 Å². The predicted molar refractivity (Wildman–Crippen MR) is 82.0 cm³/mol. The fourth-order valence-electron chi connectivity index (χ4n) is 2.60. The van der Waals surface area contributed by atoms with Gasteiger partial charge in [0.2, 0.25) is 0 Å². The second kappa shape index (κ2) is 8.26. The van der Waals surface area contributed by atoms with Crippen molar-refractivity contribution in [2.24, 2.45) is 0 Å². The van der Waals surface area contributed by atoms with Crippen LogP contribution in [0.4, 0.5) is 0 Å². The summed E-state index contributed by atoms with van der Waals surface area (Å²) in [5.41, 5.74) is 1.74. The number of hydrogen-bond donors (Lipinski definition) is 1. The molecule has 3 aromatic rings. The highest BCUT2D eigenvalue weighted by Crippen LogP contribution is 2.19. The van der Waals surface area contributed by atoms with Crippen LogP contribution in [0.5, 0.6) is 5.75 Å². The molecular formula is C17H17ClN2O6. The van der Waals surface area contributed by atoms with Crippen molar-refractivity contribution in [1.82, 2.24) is 4.98 Å². The van der Waals surface area contributed by atoms with Gasteiger partial charge in [0.1, 0.15) is 10.9 Å². The molecule has 0 atom stereocenters. The number of benzene rings is 2. The molecule has 8 nitrogen and oxygen atoms in total. The highest BCUT2D eigenvalue weighted by molar-refractivity contribution is 5.75. The Morgan fingerprint density at radius 3 is 2.23 bits per heavy atom. The summed E-state index contributed by atoms with van der Waals surface area (Å²) < 4.78 is 41.5. The van der Waals surface area contributed by atoms with Crippen molar-refractivity contribution in [1.29, 1.82) is 0 Å². The number of hydrogen-bond acceptors (Lipinski definition) is 6. The maximum atomic E-state index is 12.2. The molecule has 0 saturated heterocycles. The Balaban J connectivity index is 0.000000431. The molecule has 1 heterocycles. The average molecular weight is 381 g/mol. The maximum Gasteiger partial charge on any atom is 0.343 e. The number of nitrogens with zero attached hydrogens (tertiary/aromatic N) is 1. The van der Waals surface area contributed by atoms with Gasteiger partial charge in [0.25, 0.3) is 5.82 Å². The molecule has 0 aliphatic carbocycles. The molecule has 0 radical (unpaired) electrons. The molecule has 0 spiro atoms. The smallest absolute Gasteiger partial charge is 0.343 e. The fraction of sp³-hybridized carbons (Fsp3) is 0.176. The highest BCUT2D eigenvalue weighted by atomic mass is 35.7. The van der Waals surface area contributed by atoms with Gasteiger partial charge in [-0.1, -0.05) is 31.2 Å². The van der Waals surface area contributed by atoms with Gasteiger partial charge >= 0.3 is 5.56 Å². The van der Waals surface area contributed by atoms with E-state index in [2.05, 4.69) is 9.55 Å². The summed E-state index contributed by atoms with van der Waals surface area (Å²) in [7, 11) is -3.29. The molecule has 0 aliphatic rings. The monoisotopic (exact) mass is 380 g/mol. The second-order valence-corrected chi connectivity index (χ2v) is 5.91. The summed E-state index contributed by atoms with van der Waals surface area (Å²) in [6.07, 6.45) is 0.720. The summed E-state index contributed by atoms with van der Waals surface area (Å²) in [6, 6.07) is 15.4. The van der Waals surface area contributed by atoms with Crippen molar-refractivity contribution in [3.05, 3.63) is 64.7 Å². The molecule has 1 N–H and O–H groups in total. The van der Waals surface area contributed by atoms with E-state index >= 15 is 0 Å². The number of para-hydroxylation sites is 3. The van der Waals surface area contributed by atoms with Gasteiger partial charge in [0.15, 0.2) is 11.4 Å². The largest absolute Gasteiger partial charge is 0.492 e. The van der Waals surface area contributed by atoms with Crippen molar-refractivity contribution in [2.75, 3.05) is 7.11 Å². The SMILES string of the molecule is CCc1[nH]c(=O)c2ccccc2[n+]1-c1ccccc1OC.[O-][Cl+3]([O-])([O-])[O-]. The third kappa shape index (κ3) is 4.78. The number of nitrogens with one attached hydrogen (secondary N) is 1. The van der Waals surface area contributed by atoms with Gasteiger partial charge in [0.05, 0.1) is 7.11 Å². The minimum atomic E-state index is -4.94. The molecule has 0 unspecified atom stereocenters. The lowest BCUT2D eigenvalue weighted by Crippen LogP contribution is -2.68. The van der Waals surface area contributed by atoms with Gasteiger partial charge in [-0.3, -0.25) is 0 Å². The van der Waals surface area contributed by atoms with Crippen LogP contribution in [-0.2, 0) is 6.42 Å². The zero-order valence-electron chi connectivity index (χ0n) is 14.1. The number of methoxy groups -OCH3 is 1. The Bertz CT molecular complexity index is 946. The van der Waals surface area contributed by atoms with E-state index in [0.29, 0.717) is 5.39 Å². The van der Waals surface area contributed by atoms with E-state index in [-0.39, 0.29) is 5.56 Å². The van der Waals surface area contributed by atoms with Crippen molar-refractivity contribution < 1.29 is 38.2 Å². The molecule has 0 aliphatic heterocycles. The fourth-order valence-corrected chi connectivity index (χ4v) is 2.60. The van der Waals surface area contributed by atoms with Crippen LogP contribution in [0.25, 0.3) is 16.6 Å². The van der Waals surface area contributed by atoms with Crippen molar-refractivity contribution >= 4 is 10.9 Å². The van der Waals surface area contributed by atoms with Gasteiger partial charge in [-0.05, 0) is 24.3 Å². The van der Waals surface area contributed by atoms with E-state index in [1.165, 1.54) is 0 Å². The lowest BCUT2D eigenvalue weighted by Gasteiger charge is -2.17. The Morgan fingerprint density at radius 2 is 1.62 bits per heavy atom. The Kier molecular flexibility index (Phi) is 6.30. The van der Waals surface area contributed by atoms with Crippen LogP contribution in [-0.4, -0.2) is 12.1 Å². The van der Waals surface area contributed by atoms with Crippen LogP contribution in [0.15, 0.2) is 53.3 Å².